The third-order valence-corrected chi connectivity index (χ3v) is 6.43. The summed E-state index contributed by atoms with van der Waals surface area (Å²) >= 11 is 9.61. The van der Waals surface area contributed by atoms with Crippen molar-refractivity contribution in [2.75, 3.05) is 0 Å². The van der Waals surface area contributed by atoms with Crippen LogP contribution >= 0.6 is 34.3 Å². The molecule has 0 aliphatic heterocycles. The van der Waals surface area contributed by atoms with Crippen LogP contribution in [-0.4, -0.2) is 4.98 Å². The van der Waals surface area contributed by atoms with Crippen LogP contribution in [0.1, 0.15) is 0 Å². The SMILES string of the molecule is Clc1ccc2nc(-c3ccc4sc5ccccc5c4c3)sc2c1. The number of rotatable bonds is 1. The average molecular weight is 352 g/mol. The molecule has 0 amide bonds. The molecule has 2 aromatic heterocycles. The van der Waals surface area contributed by atoms with Crippen molar-refractivity contribution in [1.82, 2.24) is 4.98 Å². The van der Waals surface area contributed by atoms with E-state index in [0.717, 1.165) is 20.2 Å². The van der Waals surface area contributed by atoms with Gasteiger partial charge in [-0.2, -0.15) is 0 Å². The molecule has 0 radical (unpaired) electrons. The average Bonchev–Trinajstić information content (AvgIpc) is 3.14. The van der Waals surface area contributed by atoms with Gasteiger partial charge < -0.3 is 0 Å². The Morgan fingerprint density at radius 3 is 2.57 bits per heavy atom. The highest BCUT2D eigenvalue weighted by atomic mass is 35.5. The third-order valence-electron chi connectivity index (χ3n) is 3.97. The van der Waals surface area contributed by atoms with Crippen LogP contribution in [0.4, 0.5) is 0 Å². The van der Waals surface area contributed by atoms with Crippen molar-refractivity contribution in [2.24, 2.45) is 0 Å². The lowest BCUT2D eigenvalue weighted by atomic mass is 10.1. The summed E-state index contributed by atoms with van der Waals surface area (Å²) in [5.74, 6) is 0. The van der Waals surface area contributed by atoms with Crippen LogP contribution in [0, 0.1) is 0 Å². The van der Waals surface area contributed by atoms with E-state index in [9.17, 15) is 0 Å². The lowest BCUT2D eigenvalue weighted by Gasteiger charge is -1.97. The zero-order chi connectivity index (χ0) is 15.4. The lowest BCUT2D eigenvalue weighted by molar-refractivity contribution is 1.48. The van der Waals surface area contributed by atoms with E-state index >= 15 is 0 Å². The molecular formula is C19H10ClNS2. The van der Waals surface area contributed by atoms with E-state index < -0.39 is 0 Å². The standard InChI is InChI=1S/C19H10ClNS2/c20-12-6-7-15-18(10-12)23-19(21-15)11-5-8-17-14(9-11)13-3-1-2-4-16(13)22-17/h1-10H. The lowest BCUT2D eigenvalue weighted by Crippen LogP contribution is -1.75. The first kappa shape index (κ1) is 13.5. The molecule has 5 rings (SSSR count). The number of thiazole rings is 1. The van der Waals surface area contributed by atoms with Crippen LogP contribution in [0.15, 0.2) is 60.7 Å². The minimum Gasteiger partial charge on any atom is -0.236 e. The summed E-state index contributed by atoms with van der Waals surface area (Å²) in [6.07, 6.45) is 0. The van der Waals surface area contributed by atoms with Crippen molar-refractivity contribution < 1.29 is 0 Å². The van der Waals surface area contributed by atoms with Gasteiger partial charge in [0.05, 0.1) is 10.2 Å². The molecule has 5 aromatic rings. The Bertz CT molecular complexity index is 1190. The smallest absolute Gasteiger partial charge is 0.124 e. The van der Waals surface area contributed by atoms with E-state index in [1.165, 1.54) is 25.7 Å². The Morgan fingerprint density at radius 1 is 0.739 bits per heavy atom. The maximum Gasteiger partial charge on any atom is 0.124 e. The number of benzene rings is 3. The van der Waals surface area contributed by atoms with Crippen molar-refractivity contribution in [2.45, 2.75) is 0 Å². The molecule has 0 atom stereocenters. The summed E-state index contributed by atoms with van der Waals surface area (Å²) < 4.78 is 3.78. The summed E-state index contributed by atoms with van der Waals surface area (Å²) in [7, 11) is 0. The number of halogens is 1. The van der Waals surface area contributed by atoms with E-state index in [2.05, 4.69) is 42.5 Å². The Balaban J connectivity index is 1.76. The molecule has 0 aliphatic carbocycles. The number of hydrogen-bond acceptors (Lipinski definition) is 3. The zero-order valence-corrected chi connectivity index (χ0v) is 14.3. The zero-order valence-electron chi connectivity index (χ0n) is 11.9. The van der Waals surface area contributed by atoms with Gasteiger partial charge in [-0.1, -0.05) is 35.9 Å². The van der Waals surface area contributed by atoms with Crippen molar-refractivity contribution in [3.05, 3.63) is 65.7 Å². The molecular weight excluding hydrogens is 342 g/mol. The maximum absolute atomic E-state index is 6.08. The van der Waals surface area contributed by atoms with E-state index in [4.69, 9.17) is 16.6 Å². The van der Waals surface area contributed by atoms with Crippen molar-refractivity contribution >= 4 is 64.7 Å². The first-order valence-electron chi connectivity index (χ1n) is 7.26. The number of aromatic nitrogens is 1. The number of nitrogens with zero attached hydrogens (tertiary/aromatic N) is 1. The Hall–Kier alpha value is -1.94. The molecule has 2 heterocycles. The van der Waals surface area contributed by atoms with E-state index in [1.807, 2.05) is 29.5 Å². The molecule has 0 unspecified atom stereocenters. The Labute approximate surface area is 145 Å². The highest BCUT2D eigenvalue weighted by Gasteiger charge is 2.10. The molecule has 23 heavy (non-hydrogen) atoms. The van der Waals surface area contributed by atoms with E-state index in [-0.39, 0.29) is 0 Å². The predicted octanol–water partition coefficient (Wildman–Crippen LogP) is 6.98. The van der Waals surface area contributed by atoms with Gasteiger partial charge in [0, 0.05) is 30.8 Å². The minimum absolute atomic E-state index is 0.756. The number of fused-ring (bicyclic) bond motifs is 4. The van der Waals surface area contributed by atoms with Crippen LogP contribution in [-0.2, 0) is 0 Å². The molecule has 0 N–H and O–H groups in total. The van der Waals surface area contributed by atoms with Gasteiger partial charge in [-0.15, -0.1) is 22.7 Å². The van der Waals surface area contributed by atoms with Crippen LogP contribution in [0.5, 0.6) is 0 Å². The molecule has 3 aromatic carbocycles. The molecule has 0 saturated heterocycles. The molecule has 110 valence electrons. The molecule has 0 spiro atoms. The summed E-state index contributed by atoms with van der Waals surface area (Å²) in [6, 6.07) is 21.0. The van der Waals surface area contributed by atoms with Crippen LogP contribution in [0.25, 0.3) is 41.0 Å². The minimum atomic E-state index is 0.756. The van der Waals surface area contributed by atoms with Gasteiger partial charge in [-0.05, 0) is 36.4 Å². The second-order valence-electron chi connectivity index (χ2n) is 5.44. The molecule has 1 nitrogen and oxygen atoms in total. The second kappa shape index (κ2) is 5.03. The van der Waals surface area contributed by atoms with Crippen LogP contribution in [0.2, 0.25) is 5.02 Å². The van der Waals surface area contributed by atoms with Gasteiger partial charge in [0.1, 0.15) is 5.01 Å². The highest BCUT2D eigenvalue weighted by molar-refractivity contribution is 7.25. The maximum atomic E-state index is 6.08. The highest BCUT2D eigenvalue weighted by Crippen LogP contribution is 2.38. The quantitative estimate of drug-likeness (QED) is 0.317. The summed E-state index contributed by atoms with van der Waals surface area (Å²) in [5, 5.41) is 4.42. The Kier molecular flexibility index (Phi) is 2.95. The predicted molar refractivity (Wildman–Crippen MR) is 103 cm³/mol. The monoisotopic (exact) mass is 351 g/mol. The molecule has 0 fully saturated rings. The van der Waals surface area contributed by atoms with E-state index in [1.54, 1.807) is 11.3 Å². The summed E-state index contributed by atoms with van der Waals surface area (Å²) in [5.41, 5.74) is 2.17. The summed E-state index contributed by atoms with van der Waals surface area (Å²) in [4.78, 5) is 4.76. The normalized spacial score (nSPS) is 11.7. The van der Waals surface area contributed by atoms with Crippen LogP contribution < -0.4 is 0 Å². The molecule has 4 heteroatoms. The van der Waals surface area contributed by atoms with Crippen molar-refractivity contribution in [3.8, 4) is 10.6 Å². The van der Waals surface area contributed by atoms with Gasteiger partial charge in [0.2, 0.25) is 0 Å². The van der Waals surface area contributed by atoms with Gasteiger partial charge >= 0.3 is 0 Å². The van der Waals surface area contributed by atoms with E-state index in [0.29, 0.717) is 0 Å². The first-order valence-corrected chi connectivity index (χ1v) is 9.27. The fraction of sp³-hybridized carbons (Fsp3) is 0. The van der Waals surface area contributed by atoms with Crippen LogP contribution in [0.3, 0.4) is 0 Å². The Morgan fingerprint density at radius 2 is 1.61 bits per heavy atom. The van der Waals surface area contributed by atoms with Gasteiger partial charge in [0.15, 0.2) is 0 Å². The summed E-state index contributed by atoms with van der Waals surface area (Å²) in [6.45, 7) is 0. The molecule has 0 saturated carbocycles. The van der Waals surface area contributed by atoms with Crippen molar-refractivity contribution in [1.29, 1.82) is 0 Å². The van der Waals surface area contributed by atoms with Gasteiger partial charge in [0.25, 0.3) is 0 Å². The fourth-order valence-electron chi connectivity index (χ4n) is 2.88. The molecule has 0 bridgehead atoms. The number of hydrogen-bond donors (Lipinski definition) is 0. The first-order chi connectivity index (χ1) is 11.3. The molecule has 0 aliphatic rings. The van der Waals surface area contributed by atoms with Gasteiger partial charge in [-0.3, -0.25) is 0 Å². The third kappa shape index (κ3) is 2.16. The van der Waals surface area contributed by atoms with Gasteiger partial charge in [-0.25, -0.2) is 4.98 Å². The fourth-order valence-corrected chi connectivity index (χ4v) is 5.21. The second-order valence-corrected chi connectivity index (χ2v) is 7.99. The topological polar surface area (TPSA) is 12.9 Å². The largest absolute Gasteiger partial charge is 0.236 e. The van der Waals surface area contributed by atoms with Crippen molar-refractivity contribution in [3.63, 3.8) is 0 Å². The number of thiophene rings is 1.